The van der Waals surface area contributed by atoms with Crippen molar-refractivity contribution in [3.63, 3.8) is 0 Å². The summed E-state index contributed by atoms with van der Waals surface area (Å²) in [7, 11) is 4.26. The van der Waals surface area contributed by atoms with E-state index in [9.17, 15) is 0 Å². The Balaban J connectivity index is 1.98. The molecule has 0 unspecified atom stereocenters. The first-order chi connectivity index (χ1) is 7.65. The molecule has 1 heterocycles. The predicted molar refractivity (Wildman–Crippen MR) is 75.5 cm³/mol. The van der Waals surface area contributed by atoms with Gasteiger partial charge in [0.1, 0.15) is 0 Å². The zero-order valence-corrected chi connectivity index (χ0v) is 12.3. The summed E-state index contributed by atoms with van der Waals surface area (Å²) in [5.74, 6) is 0. The highest BCUT2D eigenvalue weighted by molar-refractivity contribution is 9.11. The summed E-state index contributed by atoms with van der Waals surface area (Å²) in [6.07, 6.45) is 4.12. The topological polar surface area (TPSA) is 15.3 Å². The first-order valence-corrected chi connectivity index (χ1v) is 7.37. The average Bonchev–Trinajstić information content (AvgIpc) is 2.61. The van der Waals surface area contributed by atoms with Crippen molar-refractivity contribution < 1.29 is 0 Å². The van der Waals surface area contributed by atoms with E-state index < -0.39 is 0 Å². The van der Waals surface area contributed by atoms with Crippen molar-refractivity contribution in [2.45, 2.75) is 19.3 Å². The normalized spacial score (nSPS) is 18.2. The van der Waals surface area contributed by atoms with Gasteiger partial charge in [0, 0.05) is 25.6 Å². The lowest BCUT2D eigenvalue weighted by Gasteiger charge is -2.44. The van der Waals surface area contributed by atoms with Gasteiger partial charge in [-0.1, -0.05) is 6.42 Å². The van der Waals surface area contributed by atoms with Crippen LogP contribution in [-0.2, 0) is 0 Å². The molecule has 1 aromatic heterocycles. The smallest absolute Gasteiger partial charge is 0.0917 e. The summed E-state index contributed by atoms with van der Waals surface area (Å²) in [4.78, 5) is 2.39. The Morgan fingerprint density at radius 3 is 2.69 bits per heavy atom. The number of thiophene rings is 1. The molecule has 0 aliphatic heterocycles. The Hall–Kier alpha value is -0.0600. The average molecular weight is 303 g/mol. The second kappa shape index (κ2) is 5.07. The van der Waals surface area contributed by atoms with Crippen molar-refractivity contribution in [3.05, 3.63) is 15.9 Å². The largest absolute Gasteiger partial charge is 0.366 e. The highest BCUT2D eigenvalue weighted by Crippen LogP contribution is 2.42. The van der Waals surface area contributed by atoms with E-state index in [0.717, 1.165) is 6.54 Å². The van der Waals surface area contributed by atoms with Crippen LogP contribution < -0.4 is 10.2 Å². The third-order valence-corrected chi connectivity index (χ3v) is 5.21. The highest BCUT2D eigenvalue weighted by atomic mass is 79.9. The van der Waals surface area contributed by atoms with Crippen LogP contribution in [0.2, 0.25) is 0 Å². The van der Waals surface area contributed by atoms with Crippen LogP contribution in [-0.4, -0.2) is 27.2 Å². The van der Waals surface area contributed by atoms with Gasteiger partial charge in [0.2, 0.25) is 0 Å². The van der Waals surface area contributed by atoms with E-state index >= 15 is 0 Å². The highest BCUT2D eigenvalue weighted by Gasteiger charge is 2.37. The van der Waals surface area contributed by atoms with E-state index in [1.54, 1.807) is 0 Å². The van der Waals surface area contributed by atoms with Crippen molar-refractivity contribution in [1.29, 1.82) is 0 Å². The van der Waals surface area contributed by atoms with Gasteiger partial charge < -0.3 is 10.2 Å². The molecular formula is C12H19BrN2S. The van der Waals surface area contributed by atoms with Gasteiger partial charge in [-0.15, -0.1) is 11.3 Å². The molecular weight excluding hydrogens is 284 g/mol. The van der Waals surface area contributed by atoms with Gasteiger partial charge >= 0.3 is 0 Å². The summed E-state index contributed by atoms with van der Waals surface area (Å²) in [5, 5.41) is 4.70. The second-order valence-corrected chi connectivity index (χ2v) is 7.26. The van der Waals surface area contributed by atoms with Crippen molar-refractivity contribution in [2.24, 2.45) is 5.41 Å². The number of halogens is 1. The van der Waals surface area contributed by atoms with Crippen molar-refractivity contribution in [2.75, 3.05) is 32.1 Å². The van der Waals surface area contributed by atoms with Crippen LogP contribution in [0, 0.1) is 5.41 Å². The minimum atomic E-state index is 0.514. The zero-order valence-electron chi connectivity index (χ0n) is 9.92. The lowest BCUT2D eigenvalue weighted by Crippen LogP contribution is -2.46. The second-order valence-electron chi connectivity index (χ2n) is 4.82. The van der Waals surface area contributed by atoms with Crippen LogP contribution in [0.3, 0.4) is 0 Å². The zero-order chi connectivity index (χ0) is 11.6. The molecule has 0 aromatic carbocycles. The van der Waals surface area contributed by atoms with Crippen molar-refractivity contribution in [3.8, 4) is 0 Å². The van der Waals surface area contributed by atoms with Gasteiger partial charge in [0.05, 0.1) is 8.79 Å². The minimum absolute atomic E-state index is 0.514. The molecule has 0 spiro atoms. The lowest BCUT2D eigenvalue weighted by atomic mass is 9.68. The molecule has 0 amide bonds. The Bertz CT molecular complexity index is 347. The Morgan fingerprint density at radius 2 is 2.25 bits per heavy atom. The molecule has 4 heteroatoms. The van der Waals surface area contributed by atoms with E-state index in [4.69, 9.17) is 0 Å². The molecule has 2 rings (SSSR count). The standard InChI is InChI=1S/C12H19BrN2S/c1-14-8-12(6-3-7-12)9-15(2)11-5-4-10(13)16-11/h4-5,14H,3,6-9H2,1-2H3. The van der Waals surface area contributed by atoms with E-state index in [2.05, 4.69) is 52.4 Å². The fourth-order valence-electron chi connectivity index (χ4n) is 2.53. The van der Waals surface area contributed by atoms with Gasteiger partial charge in [-0.2, -0.15) is 0 Å². The molecule has 1 aliphatic carbocycles. The number of anilines is 1. The molecule has 1 saturated carbocycles. The van der Waals surface area contributed by atoms with E-state index in [-0.39, 0.29) is 0 Å². The Labute approximate surface area is 110 Å². The molecule has 90 valence electrons. The maximum Gasteiger partial charge on any atom is 0.0917 e. The number of rotatable bonds is 5. The van der Waals surface area contributed by atoms with Crippen LogP contribution >= 0.6 is 27.3 Å². The van der Waals surface area contributed by atoms with Gasteiger partial charge in [0.15, 0.2) is 0 Å². The summed E-state index contributed by atoms with van der Waals surface area (Å²) < 4.78 is 1.21. The number of nitrogens with zero attached hydrogens (tertiary/aromatic N) is 1. The van der Waals surface area contributed by atoms with Gasteiger partial charge in [-0.3, -0.25) is 0 Å². The van der Waals surface area contributed by atoms with Crippen molar-refractivity contribution in [1.82, 2.24) is 5.32 Å². The summed E-state index contributed by atoms with van der Waals surface area (Å²) in [5.41, 5.74) is 0.514. The first kappa shape index (κ1) is 12.4. The summed E-state index contributed by atoms with van der Waals surface area (Å²) in [6, 6.07) is 4.32. The first-order valence-electron chi connectivity index (χ1n) is 5.76. The minimum Gasteiger partial charge on any atom is -0.366 e. The summed E-state index contributed by atoms with van der Waals surface area (Å²) in [6.45, 7) is 2.31. The Kier molecular flexibility index (Phi) is 3.93. The SMILES string of the molecule is CNCC1(CN(C)c2ccc(Br)s2)CCC1. The van der Waals surface area contributed by atoms with Crippen LogP contribution in [0.1, 0.15) is 19.3 Å². The fraction of sp³-hybridized carbons (Fsp3) is 0.667. The quantitative estimate of drug-likeness (QED) is 0.897. The Morgan fingerprint density at radius 1 is 1.50 bits per heavy atom. The maximum atomic E-state index is 3.52. The number of hydrogen-bond acceptors (Lipinski definition) is 3. The van der Waals surface area contributed by atoms with Crippen LogP contribution in [0.5, 0.6) is 0 Å². The van der Waals surface area contributed by atoms with Crippen LogP contribution in [0.25, 0.3) is 0 Å². The van der Waals surface area contributed by atoms with Gasteiger partial charge in [0.25, 0.3) is 0 Å². The van der Waals surface area contributed by atoms with Crippen LogP contribution in [0.15, 0.2) is 15.9 Å². The monoisotopic (exact) mass is 302 g/mol. The van der Waals surface area contributed by atoms with E-state index in [1.807, 2.05) is 11.3 Å². The molecule has 1 N–H and O–H groups in total. The molecule has 0 saturated heterocycles. The van der Waals surface area contributed by atoms with Gasteiger partial charge in [-0.05, 0) is 48.0 Å². The molecule has 1 aliphatic rings. The summed E-state index contributed by atoms with van der Waals surface area (Å²) >= 11 is 5.33. The predicted octanol–water partition coefficient (Wildman–Crippen LogP) is 3.34. The van der Waals surface area contributed by atoms with Crippen molar-refractivity contribution >= 4 is 32.3 Å². The number of hydrogen-bond donors (Lipinski definition) is 1. The van der Waals surface area contributed by atoms with Crippen LogP contribution in [0.4, 0.5) is 5.00 Å². The maximum absolute atomic E-state index is 3.52. The third kappa shape index (κ3) is 2.60. The molecule has 1 fully saturated rings. The van der Waals surface area contributed by atoms with E-state index in [1.165, 1.54) is 34.6 Å². The number of nitrogens with one attached hydrogen (secondary N) is 1. The fourth-order valence-corrected chi connectivity index (χ4v) is 3.86. The molecule has 0 bridgehead atoms. The molecule has 1 aromatic rings. The third-order valence-electron chi connectivity index (χ3n) is 3.47. The molecule has 0 radical (unpaired) electrons. The van der Waals surface area contributed by atoms with Gasteiger partial charge in [-0.25, -0.2) is 0 Å². The molecule has 0 atom stereocenters. The molecule has 16 heavy (non-hydrogen) atoms. The van der Waals surface area contributed by atoms with E-state index in [0.29, 0.717) is 5.41 Å². The lowest BCUT2D eigenvalue weighted by molar-refractivity contribution is 0.143. The molecule has 2 nitrogen and oxygen atoms in total.